The molecule has 2 fully saturated rings. The summed E-state index contributed by atoms with van der Waals surface area (Å²) in [6, 6.07) is 6.63. The predicted molar refractivity (Wildman–Crippen MR) is 148 cm³/mol. The third-order valence-corrected chi connectivity index (χ3v) is 11.2. The molecule has 1 N–H and O–H groups in total. The van der Waals surface area contributed by atoms with E-state index in [1.54, 1.807) is 11.8 Å². The zero-order chi connectivity index (χ0) is 30.7. The fourth-order valence-electron chi connectivity index (χ4n) is 6.27. The van der Waals surface area contributed by atoms with Gasteiger partial charge >= 0.3 is 6.18 Å². The third kappa shape index (κ3) is 5.15. The number of hydrogen-bond acceptors (Lipinski definition) is 5. The lowest BCUT2D eigenvalue weighted by molar-refractivity contribution is -0.138. The average Bonchev–Trinajstić information content (AvgIpc) is 3.76. The van der Waals surface area contributed by atoms with Gasteiger partial charge in [0.1, 0.15) is 17.5 Å². The number of sulfonamides is 1. The van der Waals surface area contributed by atoms with Crippen LogP contribution in [0.3, 0.4) is 0 Å². The fraction of sp³-hybridized carbons (Fsp3) is 0.379. The molecule has 43 heavy (non-hydrogen) atoms. The minimum Gasteiger partial charge on any atom is -0.346 e. The number of amides is 1. The molecule has 1 saturated heterocycles. The Morgan fingerprint density at radius 2 is 1.72 bits per heavy atom. The van der Waals surface area contributed by atoms with E-state index in [1.165, 1.54) is 22.5 Å². The van der Waals surface area contributed by atoms with Gasteiger partial charge in [-0.05, 0) is 85.6 Å². The Balaban J connectivity index is 1.39. The summed E-state index contributed by atoms with van der Waals surface area (Å²) in [5.74, 6) is -2.46. The number of anilines is 1. The highest BCUT2D eigenvalue weighted by Crippen LogP contribution is 2.60. The molecule has 6 rings (SSSR count). The number of carbonyl (C=O) groups excluding carboxylic acids is 1. The van der Waals surface area contributed by atoms with Gasteiger partial charge in [-0.25, -0.2) is 21.6 Å². The summed E-state index contributed by atoms with van der Waals surface area (Å²) in [6.07, 6.45) is -1.89. The van der Waals surface area contributed by atoms with Crippen molar-refractivity contribution in [2.45, 2.75) is 54.8 Å². The van der Waals surface area contributed by atoms with E-state index in [9.17, 15) is 35.2 Å². The van der Waals surface area contributed by atoms with Crippen LogP contribution in [0.25, 0.3) is 0 Å². The van der Waals surface area contributed by atoms with Gasteiger partial charge in [0.2, 0.25) is 0 Å². The number of nitrogens with zero attached hydrogens (tertiary/aromatic N) is 2. The number of benzene rings is 2. The van der Waals surface area contributed by atoms with E-state index in [1.807, 2.05) is 0 Å². The molecule has 2 aromatic carbocycles. The Morgan fingerprint density at radius 3 is 2.33 bits per heavy atom. The molecular weight excluding hydrogens is 616 g/mol. The van der Waals surface area contributed by atoms with Crippen LogP contribution in [0, 0.1) is 23.4 Å². The molecule has 1 unspecified atom stereocenters. The van der Waals surface area contributed by atoms with E-state index in [-0.39, 0.29) is 28.1 Å². The molecule has 3 aromatic rings. The van der Waals surface area contributed by atoms with Gasteiger partial charge in [-0.3, -0.25) is 14.1 Å². The molecule has 3 aliphatic rings. The van der Waals surface area contributed by atoms with Crippen LogP contribution in [0.4, 0.5) is 32.0 Å². The number of thioether (sulfide) groups is 1. The smallest absolute Gasteiger partial charge is 0.346 e. The lowest BCUT2D eigenvalue weighted by Crippen LogP contribution is -2.50. The third-order valence-electron chi connectivity index (χ3n) is 8.40. The van der Waals surface area contributed by atoms with E-state index in [4.69, 9.17) is 0 Å². The molecule has 3 heterocycles. The molecule has 6 nitrogen and oxygen atoms in total. The number of aromatic nitrogens is 1. The monoisotopic (exact) mass is 641 g/mol. The first-order chi connectivity index (χ1) is 20.3. The standard InChI is InChI=1S/C29H25F6N3O3S2/c30-18-3-5-19(6-4-18)43(40,41)38-23-8-7-20(27(39)37-15-22-21(31)13-17(14-36-22)29(33,34)35)25(32)24(23)28(9-11-42-12-10-28)26(38)16-1-2-16/h3-8,13-14,16,26H,1-2,9-12,15H2,(H,37,39). The number of hydrogen-bond donors (Lipinski definition) is 1. The van der Waals surface area contributed by atoms with Gasteiger partial charge in [0, 0.05) is 17.2 Å². The molecule has 1 amide bonds. The molecule has 0 radical (unpaired) electrons. The lowest BCUT2D eigenvalue weighted by Gasteiger charge is -2.41. The van der Waals surface area contributed by atoms with Crippen molar-refractivity contribution in [2.75, 3.05) is 15.8 Å². The van der Waals surface area contributed by atoms with Gasteiger partial charge in [0.05, 0.1) is 40.0 Å². The Hall–Kier alpha value is -3.26. The Morgan fingerprint density at radius 1 is 1.05 bits per heavy atom. The van der Waals surface area contributed by atoms with Gasteiger partial charge in [-0.15, -0.1) is 0 Å². The number of nitrogens with one attached hydrogen (secondary N) is 1. The number of carbonyl (C=O) groups is 1. The summed E-state index contributed by atoms with van der Waals surface area (Å²) in [6.45, 7) is -0.600. The lowest BCUT2D eigenvalue weighted by atomic mass is 9.70. The molecule has 1 aromatic heterocycles. The maximum Gasteiger partial charge on any atom is 0.417 e. The Kier molecular flexibility index (Phi) is 7.43. The summed E-state index contributed by atoms with van der Waals surface area (Å²) >= 11 is 1.67. The van der Waals surface area contributed by atoms with Crippen molar-refractivity contribution in [3.8, 4) is 0 Å². The molecular formula is C29H25F6N3O3S2. The van der Waals surface area contributed by atoms with Crippen LogP contribution in [0.5, 0.6) is 0 Å². The molecule has 2 aliphatic heterocycles. The highest BCUT2D eigenvalue weighted by molar-refractivity contribution is 7.99. The van der Waals surface area contributed by atoms with E-state index >= 15 is 4.39 Å². The SMILES string of the molecule is O=C(NCc1ncc(C(F)(F)F)cc1F)c1ccc2c(c1F)C1(CCSCC1)C(C1CC1)N2S(=O)(=O)c1ccc(F)cc1. The van der Waals surface area contributed by atoms with Crippen molar-refractivity contribution in [1.82, 2.24) is 10.3 Å². The number of fused-ring (bicyclic) bond motifs is 2. The second-order valence-corrected chi connectivity index (χ2v) is 14.0. The van der Waals surface area contributed by atoms with E-state index in [2.05, 4.69) is 10.3 Å². The van der Waals surface area contributed by atoms with Crippen LogP contribution in [0.2, 0.25) is 0 Å². The summed E-state index contributed by atoms with van der Waals surface area (Å²) in [7, 11) is -4.25. The molecule has 1 spiro atoms. The van der Waals surface area contributed by atoms with Crippen molar-refractivity contribution in [1.29, 1.82) is 0 Å². The first-order valence-corrected chi connectivity index (χ1v) is 16.1. The number of halogens is 6. The second kappa shape index (κ2) is 10.7. The fourth-order valence-corrected chi connectivity index (χ4v) is 9.28. The van der Waals surface area contributed by atoms with E-state index in [0.717, 1.165) is 31.0 Å². The van der Waals surface area contributed by atoms with Crippen molar-refractivity contribution >= 4 is 33.4 Å². The van der Waals surface area contributed by atoms with Gasteiger partial charge in [-0.2, -0.15) is 24.9 Å². The minimum absolute atomic E-state index is 0.0314. The van der Waals surface area contributed by atoms with Crippen LogP contribution >= 0.6 is 11.8 Å². The van der Waals surface area contributed by atoms with Crippen molar-refractivity contribution in [3.05, 3.63) is 88.5 Å². The van der Waals surface area contributed by atoms with Crippen molar-refractivity contribution in [3.63, 3.8) is 0 Å². The van der Waals surface area contributed by atoms with Gasteiger partial charge < -0.3 is 5.32 Å². The summed E-state index contributed by atoms with van der Waals surface area (Å²) < 4.78 is 112. The minimum atomic E-state index is -4.80. The highest BCUT2D eigenvalue weighted by Gasteiger charge is 2.61. The number of pyridine rings is 1. The molecule has 1 atom stereocenters. The summed E-state index contributed by atoms with van der Waals surface area (Å²) in [5, 5.41) is 2.32. The summed E-state index contributed by atoms with van der Waals surface area (Å²) in [5.41, 5.74) is -2.81. The van der Waals surface area contributed by atoms with Crippen molar-refractivity contribution in [2.24, 2.45) is 5.92 Å². The first kappa shape index (κ1) is 29.8. The molecule has 0 bridgehead atoms. The number of rotatable bonds is 6. The Labute approximate surface area is 247 Å². The summed E-state index contributed by atoms with van der Waals surface area (Å²) in [4.78, 5) is 16.5. The second-order valence-electron chi connectivity index (χ2n) is 11.0. The molecule has 1 aliphatic carbocycles. The van der Waals surface area contributed by atoms with Crippen molar-refractivity contribution < 1.29 is 39.6 Å². The van der Waals surface area contributed by atoms with Gasteiger partial charge in [0.25, 0.3) is 15.9 Å². The Bertz CT molecular complexity index is 1690. The quantitative estimate of drug-likeness (QED) is 0.325. The first-order valence-electron chi connectivity index (χ1n) is 13.5. The van der Waals surface area contributed by atoms with E-state index in [0.29, 0.717) is 30.5 Å². The van der Waals surface area contributed by atoms with Crippen LogP contribution in [-0.2, 0) is 28.2 Å². The van der Waals surface area contributed by atoms with Crippen LogP contribution in [0.15, 0.2) is 53.6 Å². The van der Waals surface area contributed by atoms with Gasteiger partial charge in [-0.1, -0.05) is 0 Å². The normalized spacial score (nSPS) is 19.9. The zero-order valence-corrected chi connectivity index (χ0v) is 24.1. The van der Waals surface area contributed by atoms with E-state index < -0.39 is 74.4 Å². The maximum atomic E-state index is 16.6. The van der Waals surface area contributed by atoms with Gasteiger partial charge in [0.15, 0.2) is 0 Å². The maximum absolute atomic E-state index is 16.6. The topological polar surface area (TPSA) is 79.4 Å². The van der Waals surface area contributed by atoms with Crippen LogP contribution < -0.4 is 9.62 Å². The largest absolute Gasteiger partial charge is 0.417 e. The predicted octanol–water partition coefficient (Wildman–Crippen LogP) is 6.20. The highest BCUT2D eigenvalue weighted by atomic mass is 32.2. The molecule has 14 heteroatoms. The van der Waals surface area contributed by atoms with Crippen LogP contribution in [0.1, 0.15) is 52.9 Å². The average molecular weight is 642 g/mol. The number of alkyl halides is 3. The zero-order valence-electron chi connectivity index (χ0n) is 22.4. The molecule has 228 valence electrons. The van der Waals surface area contributed by atoms with Crippen LogP contribution in [-0.4, -0.2) is 36.9 Å². The molecule has 1 saturated carbocycles.